The van der Waals surface area contributed by atoms with Crippen LogP contribution in [0.2, 0.25) is 0 Å². The summed E-state index contributed by atoms with van der Waals surface area (Å²) in [4.78, 5) is 11.6. The normalized spacial score (nSPS) is 11.7. The first kappa shape index (κ1) is 18.6. The summed E-state index contributed by atoms with van der Waals surface area (Å²) < 4.78 is 32.3. The number of ether oxygens (including phenoxy) is 1. The van der Waals surface area contributed by atoms with Gasteiger partial charge in [-0.05, 0) is 47.0 Å². The van der Waals surface area contributed by atoms with Crippen molar-refractivity contribution in [3.63, 3.8) is 0 Å². The molecular formula is C13H17Br2NO4S. The summed E-state index contributed by atoms with van der Waals surface area (Å²) in [5.74, 6) is -0.589. The highest BCUT2D eigenvalue weighted by atomic mass is 79.9. The van der Waals surface area contributed by atoms with E-state index >= 15 is 0 Å². The molecule has 0 fully saturated rings. The van der Waals surface area contributed by atoms with Crippen LogP contribution in [0.1, 0.15) is 18.9 Å². The van der Waals surface area contributed by atoms with Gasteiger partial charge in [-0.1, -0.05) is 22.9 Å². The van der Waals surface area contributed by atoms with E-state index in [1.807, 2.05) is 13.8 Å². The number of hydrogen-bond acceptors (Lipinski definition) is 4. The molecule has 1 aromatic carbocycles. The lowest BCUT2D eigenvalue weighted by molar-refractivity contribution is -0.140. The zero-order valence-corrected chi connectivity index (χ0v) is 16.0. The van der Waals surface area contributed by atoms with Crippen molar-refractivity contribution in [3.8, 4) is 0 Å². The maximum Gasteiger partial charge on any atom is 0.321 e. The molecule has 0 saturated carbocycles. The van der Waals surface area contributed by atoms with Gasteiger partial charge in [0.15, 0.2) is 0 Å². The molecular weight excluding hydrogens is 426 g/mol. The van der Waals surface area contributed by atoms with Crippen LogP contribution in [-0.4, -0.2) is 38.9 Å². The van der Waals surface area contributed by atoms with Gasteiger partial charge in [0, 0.05) is 15.5 Å². The second-order valence-corrected chi connectivity index (χ2v) is 8.06. The smallest absolute Gasteiger partial charge is 0.321 e. The Balaban J connectivity index is 3.28. The van der Waals surface area contributed by atoms with Crippen molar-refractivity contribution < 1.29 is 17.9 Å². The third-order valence-electron chi connectivity index (χ3n) is 2.84. The van der Waals surface area contributed by atoms with Gasteiger partial charge in [-0.3, -0.25) is 4.79 Å². The largest absolute Gasteiger partial charge is 0.468 e. The van der Waals surface area contributed by atoms with E-state index in [0.717, 1.165) is 9.87 Å². The molecule has 0 atom stereocenters. The topological polar surface area (TPSA) is 63.7 Å². The number of rotatable bonds is 6. The molecule has 8 heteroatoms. The average Bonchev–Trinajstić information content (AvgIpc) is 2.41. The van der Waals surface area contributed by atoms with Crippen molar-refractivity contribution in [3.05, 3.63) is 26.6 Å². The highest BCUT2D eigenvalue weighted by Gasteiger charge is 2.28. The Bertz CT molecular complexity index is 631. The maximum absolute atomic E-state index is 12.7. The fourth-order valence-corrected chi connectivity index (χ4v) is 4.82. The molecule has 5 nitrogen and oxygen atoms in total. The van der Waals surface area contributed by atoms with Gasteiger partial charge in [0.2, 0.25) is 10.0 Å². The standard InChI is InChI=1S/C13H17Br2NO4S/c1-4-5-16(8-13(17)20-3)21(18,19)12-7-10(14)9(2)6-11(12)15/h6-7H,4-5,8H2,1-3H3. The van der Waals surface area contributed by atoms with E-state index in [2.05, 4.69) is 36.6 Å². The monoisotopic (exact) mass is 441 g/mol. The first-order valence-electron chi connectivity index (χ1n) is 6.26. The quantitative estimate of drug-likeness (QED) is 0.635. The number of carbonyl (C=O) groups excluding carboxylic acids is 1. The maximum atomic E-state index is 12.7. The summed E-state index contributed by atoms with van der Waals surface area (Å²) in [6, 6.07) is 3.26. The Kier molecular flexibility index (Phi) is 6.83. The Morgan fingerprint density at radius 2 is 1.90 bits per heavy atom. The molecule has 0 amide bonds. The number of benzene rings is 1. The summed E-state index contributed by atoms with van der Waals surface area (Å²) in [5.41, 5.74) is 0.913. The van der Waals surface area contributed by atoms with Crippen LogP contribution in [-0.2, 0) is 19.6 Å². The van der Waals surface area contributed by atoms with E-state index in [-0.39, 0.29) is 18.0 Å². The Hall–Kier alpha value is -0.440. The minimum Gasteiger partial charge on any atom is -0.468 e. The van der Waals surface area contributed by atoms with Crippen molar-refractivity contribution >= 4 is 47.9 Å². The number of hydrogen-bond donors (Lipinski definition) is 0. The molecule has 0 radical (unpaired) electrons. The molecule has 21 heavy (non-hydrogen) atoms. The first-order chi connectivity index (χ1) is 9.73. The van der Waals surface area contributed by atoms with Crippen LogP contribution in [0.3, 0.4) is 0 Å². The molecule has 1 rings (SSSR count). The van der Waals surface area contributed by atoms with Crippen LogP contribution >= 0.6 is 31.9 Å². The van der Waals surface area contributed by atoms with Gasteiger partial charge in [-0.15, -0.1) is 0 Å². The molecule has 0 aliphatic rings. The van der Waals surface area contributed by atoms with E-state index in [1.54, 1.807) is 6.07 Å². The van der Waals surface area contributed by atoms with Crippen LogP contribution in [0.15, 0.2) is 26.0 Å². The molecule has 118 valence electrons. The van der Waals surface area contributed by atoms with Crippen LogP contribution in [0, 0.1) is 6.92 Å². The summed E-state index contributed by atoms with van der Waals surface area (Å²) in [6.45, 7) is 3.66. The molecule has 0 spiro atoms. The summed E-state index contributed by atoms with van der Waals surface area (Å²) >= 11 is 6.61. The predicted octanol–water partition coefficient (Wildman–Crippen LogP) is 3.09. The predicted molar refractivity (Wildman–Crippen MR) is 87.6 cm³/mol. The zero-order valence-electron chi connectivity index (χ0n) is 12.0. The van der Waals surface area contributed by atoms with Crippen LogP contribution in [0.25, 0.3) is 0 Å². The summed E-state index contributed by atoms with van der Waals surface area (Å²) in [7, 11) is -2.55. The fraction of sp³-hybridized carbons (Fsp3) is 0.462. The summed E-state index contributed by atoms with van der Waals surface area (Å²) in [5, 5.41) is 0. The number of halogens is 2. The fourth-order valence-electron chi connectivity index (χ4n) is 1.71. The highest BCUT2D eigenvalue weighted by Crippen LogP contribution is 2.30. The third-order valence-corrected chi connectivity index (χ3v) is 6.50. The van der Waals surface area contributed by atoms with Crippen molar-refractivity contribution in [1.82, 2.24) is 4.31 Å². The molecule has 0 bridgehead atoms. The number of methoxy groups -OCH3 is 1. The zero-order chi connectivity index (χ0) is 16.2. The Labute approximate surface area is 142 Å². The van der Waals surface area contributed by atoms with E-state index in [0.29, 0.717) is 15.4 Å². The molecule has 0 aliphatic heterocycles. The van der Waals surface area contributed by atoms with Gasteiger partial charge >= 0.3 is 5.97 Å². The molecule has 0 aromatic heterocycles. The lowest BCUT2D eigenvalue weighted by Gasteiger charge is -2.21. The van der Waals surface area contributed by atoms with Gasteiger partial charge in [0.1, 0.15) is 6.54 Å². The number of carbonyl (C=O) groups is 1. The molecule has 0 aliphatic carbocycles. The minimum absolute atomic E-state index is 0.123. The minimum atomic E-state index is -3.78. The van der Waals surface area contributed by atoms with Crippen LogP contribution in [0.4, 0.5) is 0 Å². The average molecular weight is 443 g/mol. The van der Waals surface area contributed by atoms with Gasteiger partial charge in [0.05, 0.1) is 12.0 Å². The Morgan fingerprint density at radius 3 is 2.43 bits per heavy atom. The molecule has 0 saturated heterocycles. The second-order valence-electron chi connectivity index (χ2n) is 4.45. The lowest BCUT2D eigenvalue weighted by Crippen LogP contribution is -2.37. The molecule has 0 unspecified atom stereocenters. The lowest BCUT2D eigenvalue weighted by atomic mass is 10.2. The van der Waals surface area contributed by atoms with Crippen molar-refractivity contribution in [1.29, 1.82) is 0 Å². The van der Waals surface area contributed by atoms with E-state index in [4.69, 9.17) is 0 Å². The van der Waals surface area contributed by atoms with Gasteiger partial charge in [-0.2, -0.15) is 4.31 Å². The van der Waals surface area contributed by atoms with Gasteiger partial charge in [0.25, 0.3) is 0 Å². The van der Waals surface area contributed by atoms with Crippen molar-refractivity contribution in [2.24, 2.45) is 0 Å². The van der Waals surface area contributed by atoms with Crippen molar-refractivity contribution in [2.75, 3.05) is 20.2 Å². The van der Waals surface area contributed by atoms with Gasteiger partial charge < -0.3 is 4.74 Å². The molecule has 0 N–H and O–H groups in total. The first-order valence-corrected chi connectivity index (χ1v) is 9.29. The van der Waals surface area contributed by atoms with Crippen LogP contribution < -0.4 is 0 Å². The SMILES string of the molecule is CCCN(CC(=O)OC)S(=O)(=O)c1cc(Br)c(C)cc1Br. The second kappa shape index (κ2) is 7.71. The summed E-state index contributed by atoms with van der Waals surface area (Å²) in [6.07, 6.45) is 0.598. The van der Waals surface area contributed by atoms with Gasteiger partial charge in [-0.25, -0.2) is 8.42 Å². The number of esters is 1. The highest BCUT2D eigenvalue weighted by molar-refractivity contribution is 9.11. The number of sulfonamides is 1. The molecule has 1 aromatic rings. The van der Waals surface area contributed by atoms with E-state index in [1.165, 1.54) is 13.2 Å². The molecule has 0 heterocycles. The van der Waals surface area contributed by atoms with E-state index in [9.17, 15) is 13.2 Å². The van der Waals surface area contributed by atoms with Crippen LogP contribution in [0.5, 0.6) is 0 Å². The van der Waals surface area contributed by atoms with Crippen molar-refractivity contribution in [2.45, 2.75) is 25.2 Å². The van der Waals surface area contributed by atoms with E-state index < -0.39 is 16.0 Å². The third kappa shape index (κ3) is 4.51. The Morgan fingerprint density at radius 1 is 1.29 bits per heavy atom. The number of aryl methyl sites for hydroxylation is 1. The number of nitrogens with zero attached hydrogens (tertiary/aromatic N) is 1.